The van der Waals surface area contributed by atoms with Crippen LogP contribution in [-0.2, 0) is 0 Å². The molecule has 2 aromatic rings. The van der Waals surface area contributed by atoms with Gasteiger partial charge < -0.3 is 20.5 Å². The third kappa shape index (κ3) is 4.41. The first-order valence-corrected chi connectivity index (χ1v) is 8.86. The molecule has 0 aliphatic heterocycles. The maximum Gasteiger partial charge on any atom is 0.232 e. The highest BCUT2D eigenvalue weighted by Gasteiger charge is 2.18. The van der Waals surface area contributed by atoms with Gasteiger partial charge in [-0.25, -0.2) is 0 Å². The molecule has 0 radical (unpaired) electrons. The van der Waals surface area contributed by atoms with E-state index in [4.69, 9.17) is 15.2 Å². The number of hydrogen-bond acceptors (Lipinski definition) is 7. The van der Waals surface area contributed by atoms with Crippen molar-refractivity contribution in [2.75, 3.05) is 24.8 Å². The normalized spacial score (nSPS) is 14.7. The minimum Gasteiger partial charge on any atom is -0.497 e. The van der Waals surface area contributed by atoms with Gasteiger partial charge in [-0.3, -0.25) is 4.79 Å². The van der Waals surface area contributed by atoms with Gasteiger partial charge in [-0.1, -0.05) is 19.3 Å². The van der Waals surface area contributed by atoms with Crippen LogP contribution in [0.15, 0.2) is 24.3 Å². The summed E-state index contributed by atoms with van der Waals surface area (Å²) in [7, 11) is 1.61. The molecule has 0 atom stereocenters. The molecule has 3 N–H and O–H groups in total. The molecule has 1 aromatic carbocycles. The average Bonchev–Trinajstić information content (AvgIpc) is 2.67. The van der Waals surface area contributed by atoms with Gasteiger partial charge in [0.1, 0.15) is 17.1 Å². The third-order valence-electron chi connectivity index (χ3n) is 4.58. The Bertz CT molecular complexity index is 743. The summed E-state index contributed by atoms with van der Waals surface area (Å²) in [5.74, 6) is 1.87. The van der Waals surface area contributed by atoms with Crippen molar-refractivity contribution in [3.8, 4) is 11.6 Å². The Morgan fingerprint density at radius 1 is 1.19 bits per heavy atom. The molecule has 0 amide bonds. The van der Waals surface area contributed by atoms with Crippen LogP contribution in [-0.4, -0.2) is 30.0 Å². The standard InChI is InChI=1S/C19H24N4O3/c1-25-15-9-7-14(8-10-15)21-19-22-17(20)16(11-24)18(23-19)26-12-13-5-3-2-4-6-13/h7-11,13H,2-6,12H2,1H3,(H3,20,21,22,23). The Labute approximate surface area is 152 Å². The molecule has 1 saturated carbocycles. The number of ether oxygens (including phenoxy) is 2. The van der Waals surface area contributed by atoms with Crippen molar-refractivity contribution < 1.29 is 14.3 Å². The van der Waals surface area contributed by atoms with E-state index in [-0.39, 0.29) is 23.2 Å². The monoisotopic (exact) mass is 356 g/mol. The Morgan fingerprint density at radius 3 is 2.58 bits per heavy atom. The summed E-state index contributed by atoms with van der Waals surface area (Å²) < 4.78 is 11.0. The summed E-state index contributed by atoms with van der Waals surface area (Å²) in [4.78, 5) is 19.9. The molecule has 1 aliphatic rings. The fourth-order valence-corrected chi connectivity index (χ4v) is 3.10. The van der Waals surface area contributed by atoms with Crippen LogP contribution in [0.2, 0.25) is 0 Å². The number of nitrogens with zero attached hydrogens (tertiary/aromatic N) is 2. The van der Waals surface area contributed by atoms with E-state index in [2.05, 4.69) is 15.3 Å². The number of methoxy groups -OCH3 is 1. The van der Waals surface area contributed by atoms with Gasteiger partial charge >= 0.3 is 0 Å². The molecule has 0 bridgehead atoms. The number of carbonyl (C=O) groups is 1. The van der Waals surface area contributed by atoms with E-state index in [1.54, 1.807) is 7.11 Å². The van der Waals surface area contributed by atoms with Gasteiger partial charge in [0, 0.05) is 5.69 Å². The number of aldehydes is 1. The fourth-order valence-electron chi connectivity index (χ4n) is 3.10. The van der Waals surface area contributed by atoms with Crippen LogP contribution < -0.4 is 20.5 Å². The van der Waals surface area contributed by atoms with Crippen molar-refractivity contribution in [3.05, 3.63) is 29.8 Å². The highest BCUT2D eigenvalue weighted by atomic mass is 16.5. The van der Waals surface area contributed by atoms with Crippen LogP contribution in [0.3, 0.4) is 0 Å². The second-order valence-corrected chi connectivity index (χ2v) is 6.44. The van der Waals surface area contributed by atoms with Crippen molar-refractivity contribution in [1.29, 1.82) is 0 Å². The number of hydrogen-bond donors (Lipinski definition) is 2. The molecular weight excluding hydrogens is 332 g/mol. The van der Waals surface area contributed by atoms with Crippen LogP contribution in [0.4, 0.5) is 17.5 Å². The zero-order valence-electron chi connectivity index (χ0n) is 14.9. The van der Waals surface area contributed by atoms with Crippen molar-refractivity contribution >= 4 is 23.7 Å². The Morgan fingerprint density at radius 2 is 1.92 bits per heavy atom. The number of carbonyl (C=O) groups excluding carboxylic acids is 1. The van der Waals surface area contributed by atoms with Gasteiger partial charge in [0.25, 0.3) is 0 Å². The molecular formula is C19H24N4O3. The maximum absolute atomic E-state index is 11.4. The molecule has 138 valence electrons. The van der Waals surface area contributed by atoms with Crippen LogP contribution in [0.1, 0.15) is 42.5 Å². The molecule has 0 saturated heterocycles. The molecule has 26 heavy (non-hydrogen) atoms. The lowest BCUT2D eigenvalue weighted by atomic mass is 9.90. The lowest BCUT2D eigenvalue weighted by molar-refractivity contribution is 0.111. The van der Waals surface area contributed by atoms with Gasteiger partial charge in [0.05, 0.1) is 13.7 Å². The Hall–Kier alpha value is -2.83. The van der Waals surface area contributed by atoms with Gasteiger partial charge in [0.15, 0.2) is 6.29 Å². The minimum atomic E-state index is 0.102. The van der Waals surface area contributed by atoms with Crippen molar-refractivity contribution in [1.82, 2.24) is 9.97 Å². The molecule has 1 fully saturated rings. The Balaban J connectivity index is 1.75. The zero-order chi connectivity index (χ0) is 18.4. The van der Waals surface area contributed by atoms with E-state index in [0.29, 0.717) is 18.8 Å². The summed E-state index contributed by atoms with van der Waals surface area (Å²) in [5.41, 5.74) is 6.89. The van der Waals surface area contributed by atoms with E-state index >= 15 is 0 Å². The fraction of sp³-hybridized carbons (Fsp3) is 0.421. The number of aromatic nitrogens is 2. The lowest BCUT2D eigenvalue weighted by Crippen LogP contribution is -2.17. The molecule has 1 aliphatic carbocycles. The predicted molar refractivity (Wildman–Crippen MR) is 100 cm³/mol. The number of rotatable bonds is 7. The molecule has 7 nitrogen and oxygen atoms in total. The molecule has 1 heterocycles. The van der Waals surface area contributed by atoms with Crippen molar-refractivity contribution in [3.63, 3.8) is 0 Å². The first-order chi connectivity index (χ1) is 12.7. The van der Waals surface area contributed by atoms with Crippen molar-refractivity contribution in [2.45, 2.75) is 32.1 Å². The topological polar surface area (TPSA) is 99.4 Å². The van der Waals surface area contributed by atoms with Gasteiger partial charge in [0.2, 0.25) is 11.8 Å². The van der Waals surface area contributed by atoms with Gasteiger partial charge in [-0.15, -0.1) is 0 Å². The van der Waals surface area contributed by atoms with Crippen LogP contribution in [0.5, 0.6) is 11.6 Å². The van der Waals surface area contributed by atoms with E-state index in [9.17, 15) is 4.79 Å². The van der Waals surface area contributed by atoms with Gasteiger partial charge in [-0.05, 0) is 43.0 Å². The molecule has 1 aromatic heterocycles. The minimum absolute atomic E-state index is 0.102. The second-order valence-electron chi connectivity index (χ2n) is 6.44. The smallest absolute Gasteiger partial charge is 0.232 e. The molecule has 7 heteroatoms. The summed E-state index contributed by atoms with van der Waals surface area (Å²) in [6, 6.07) is 7.33. The lowest BCUT2D eigenvalue weighted by Gasteiger charge is -2.22. The highest BCUT2D eigenvalue weighted by molar-refractivity contribution is 5.85. The van der Waals surface area contributed by atoms with Crippen molar-refractivity contribution in [2.24, 2.45) is 5.92 Å². The summed E-state index contributed by atoms with van der Waals surface area (Å²) in [6.45, 7) is 0.541. The van der Waals surface area contributed by atoms with E-state index < -0.39 is 0 Å². The Kier molecular flexibility index (Phi) is 5.88. The quantitative estimate of drug-likeness (QED) is 0.731. The number of nitrogen functional groups attached to an aromatic ring is 1. The van der Waals surface area contributed by atoms with E-state index in [1.807, 2.05) is 24.3 Å². The molecule has 3 rings (SSSR count). The third-order valence-corrected chi connectivity index (χ3v) is 4.58. The number of anilines is 3. The van der Waals surface area contributed by atoms with Crippen LogP contribution >= 0.6 is 0 Å². The van der Waals surface area contributed by atoms with Crippen LogP contribution in [0.25, 0.3) is 0 Å². The van der Waals surface area contributed by atoms with Gasteiger partial charge in [-0.2, -0.15) is 9.97 Å². The molecule has 0 unspecified atom stereocenters. The summed E-state index contributed by atoms with van der Waals surface area (Å²) in [6.07, 6.45) is 6.67. The molecule has 0 spiro atoms. The summed E-state index contributed by atoms with van der Waals surface area (Å²) in [5, 5.41) is 3.07. The first kappa shape index (κ1) is 18.0. The average molecular weight is 356 g/mol. The van der Waals surface area contributed by atoms with E-state index in [1.165, 1.54) is 19.3 Å². The van der Waals surface area contributed by atoms with E-state index in [0.717, 1.165) is 24.3 Å². The summed E-state index contributed by atoms with van der Waals surface area (Å²) >= 11 is 0. The largest absolute Gasteiger partial charge is 0.497 e. The maximum atomic E-state index is 11.4. The number of nitrogens with two attached hydrogens (primary N) is 1. The number of benzene rings is 1. The first-order valence-electron chi connectivity index (χ1n) is 8.86. The SMILES string of the molecule is COc1ccc(Nc2nc(N)c(C=O)c(OCC3CCCCC3)n2)cc1. The zero-order valence-corrected chi connectivity index (χ0v) is 14.9. The number of nitrogens with one attached hydrogen (secondary N) is 1. The second kappa shape index (κ2) is 8.51. The highest BCUT2D eigenvalue weighted by Crippen LogP contribution is 2.27. The predicted octanol–water partition coefficient (Wildman–Crippen LogP) is 3.58. The van der Waals surface area contributed by atoms with Crippen LogP contribution in [0, 0.1) is 5.92 Å².